The average molecular weight is 216 g/mol. The fourth-order valence-electron chi connectivity index (χ4n) is 1.84. The first kappa shape index (κ1) is 10.7. The molecule has 1 atom stereocenters. The van der Waals surface area contributed by atoms with Crippen molar-refractivity contribution in [3.8, 4) is 0 Å². The number of carbonyl (C=O) groups is 1. The molecule has 0 saturated heterocycles. The number of aryl methyl sites for hydroxylation is 1. The van der Waals surface area contributed by atoms with E-state index in [1.54, 1.807) is 0 Å². The van der Waals surface area contributed by atoms with E-state index >= 15 is 0 Å². The summed E-state index contributed by atoms with van der Waals surface area (Å²) < 4.78 is 2.08. The standard InChI is InChI=1S/C13H16N2O/c1-9-3-4-11-5-6-15(12(11)7-9)8-10(2)13(14)16/h3-7,10H,8H2,1-2H3,(H2,14,16). The monoisotopic (exact) mass is 216 g/mol. The number of nitrogens with two attached hydrogens (primary N) is 1. The predicted molar refractivity (Wildman–Crippen MR) is 65.0 cm³/mol. The molecule has 1 aromatic carbocycles. The fourth-order valence-corrected chi connectivity index (χ4v) is 1.84. The number of nitrogens with zero attached hydrogens (tertiary/aromatic N) is 1. The summed E-state index contributed by atoms with van der Waals surface area (Å²) in [6.45, 7) is 4.56. The highest BCUT2D eigenvalue weighted by molar-refractivity contribution is 5.81. The predicted octanol–water partition coefficient (Wildman–Crippen LogP) is 2.07. The van der Waals surface area contributed by atoms with E-state index in [1.807, 2.05) is 13.1 Å². The van der Waals surface area contributed by atoms with Crippen LogP contribution in [0, 0.1) is 12.8 Å². The van der Waals surface area contributed by atoms with Crippen molar-refractivity contribution >= 4 is 16.8 Å². The first-order valence-corrected chi connectivity index (χ1v) is 5.43. The molecule has 16 heavy (non-hydrogen) atoms. The van der Waals surface area contributed by atoms with Crippen LogP contribution in [0.2, 0.25) is 0 Å². The molecular weight excluding hydrogens is 200 g/mol. The Labute approximate surface area is 94.9 Å². The maximum Gasteiger partial charge on any atom is 0.222 e. The average Bonchev–Trinajstić information content (AvgIpc) is 2.61. The first-order valence-electron chi connectivity index (χ1n) is 5.43. The van der Waals surface area contributed by atoms with E-state index in [2.05, 4.69) is 35.8 Å². The van der Waals surface area contributed by atoms with Gasteiger partial charge in [-0.15, -0.1) is 0 Å². The largest absolute Gasteiger partial charge is 0.369 e. The second-order valence-electron chi connectivity index (χ2n) is 4.33. The van der Waals surface area contributed by atoms with Gasteiger partial charge in [-0.25, -0.2) is 0 Å². The Morgan fingerprint density at radius 3 is 2.88 bits per heavy atom. The van der Waals surface area contributed by atoms with Crippen molar-refractivity contribution in [2.45, 2.75) is 20.4 Å². The van der Waals surface area contributed by atoms with E-state index in [0.717, 1.165) is 5.52 Å². The molecule has 84 valence electrons. The Morgan fingerprint density at radius 2 is 2.19 bits per heavy atom. The molecule has 2 rings (SSSR count). The maximum atomic E-state index is 11.0. The summed E-state index contributed by atoms with van der Waals surface area (Å²) in [7, 11) is 0. The molecule has 2 aromatic rings. The Bertz CT molecular complexity index is 528. The van der Waals surface area contributed by atoms with Crippen molar-refractivity contribution in [2.24, 2.45) is 11.7 Å². The molecule has 2 N–H and O–H groups in total. The number of rotatable bonds is 3. The van der Waals surface area contributed by atoms with Crippen LogP contribution in [-0.4, -0.2) is 10.5 Å². The van der Waals surface area contributed by atoms with Gasteiger partial charge in [0.1, 0.15) is 0 Å². The van der Waals surface area contributed by atoms with E-state index in [1.165, 1.54) is 10.9 Å². The third-order valence-electron chi connectivity index (χ3n) is 2.89. The summed E-state index contributed by atoms with van der Waals surface area (Å²) in [6, 6.07) is 8.37. The lowest BCUT2D eigenvalue weighted by atomic mass is 10.1. The number of hydrogen-bond donors (Lipinski definition) is 1. The molecule has 3 nitrogen and oxygen atoms in total. The van der Waals surface area contributed by atoms with Crippen LogP contribution < -0.4 is 5.73 Å². The van der Waals surface area contributed by atoms with Gasteiger partial charge in [-0.3, -0.25) is 4.79 Å². The molecule has 0 aliphatic heterocycles. The zero-order valence-electron chi connectivity index (χ0n) is 9.60. The SMILES string of the molecule is Cc1ccc2ccn(CC(C)C(N)=O)c2c1. The van der Waals surface area contributed by atoms with Crippen molar-refractivity contribution in [1.82, 2.24) is 4.57 Å². The van der Waals surface area contributed by atoms with Crippen LogP contribution in [0.15, 0.2) is 30.5 Å². The summed E-state index contributed by atoms with van der Waals surface area (Å²) in [5, 5.41) is 1.20. The third-order valence-corrected chi connectivity index (χ3v) is 2.89. The number of amides is 1. The van der Waals surface area contributed by atoms with Gasteiger partial charge in [-0.1, -0.05) is 19.1 Å². The van der Waals surface area contributed by atoms with Crippen molar-refractivity contribution in [1.29, 1.82) is 0 Å². The van der Waals surface area contributed by atoms with Crippen molar-refractivity contribution in [3.63, 3.8) is 0 Å². The Balaban J connectivity index is 2.37. The Hall–Kier alpha value is -1.77. The van der Waals surface area contributed by atoms with E-state index in [-0.39, 0.29) is 11.8 Å². The van der Waals surface area contributed by atoms with Gasteiger partial charge in [0, 0.05) is 18.3 Å². The Kier molecular flexibility index (Phi) is 2.69. The molecule has 0 spiro atoms. The lowest BCUT2D eigenvalue weighted by Gasteiger charge is -2.10. The summed E-state index contributed by atoms with van der Waals surface area (Å²) in [5.41, 5.74) is 7.66. The quantitative estimate of drug-likeness (QED) is 0.838. The molecule has 0 saturated carbocycles. The number of carbonyl (C=O) groups excluding carboxylic acids is 1. The van der Waals surface area contributed by atoms with E-state index < -0.39 is 0 Å². The number of benzene rings is 1. The molecule has 1 aromatic heterocycles. The minimum atomic E-state index is -0.255. The van der Waals surface area contributed by atoms with Gasteiger partial charge in [0.2, 0.25) is 5.91 Å². The van der Waals surface area contributed by atoms with Crippen LogP contribution in [0.5, 0.6) is 0 Å². The molecule has 1 unspecified atom stereocenters. The number of fused-ring (bicyclic) bond motifs is 1. The van der Waals surface area contributed by atoms with Gasteiger partial charge >= 0.3 is 0 Å². The molecule has 1 heterocycles. The highest BCUT2D eigenvalue weighted by atomic mass is 16.1. The maximum absolute atomic E-state index is 11.0. The summed E-state index contributed by atoms with van der Waals surface area (Å²) in [6.07, 6.45) is 2.00. The molecule has 0 radical (unpaired) electrons. The van der Waals surface area contributed by atoms with Crippen LogP contribution in [0.1, 0.15) is 12.5 Å². The molecule has 3 heteroatoms. The molecule has 0 fully saturated rings. The number of hydrogen-bond acceptors (Lipinski definition) is 1. The zero-order valence-corrected chi connectivity index (χ0v) is 9.60. The van der Waals surface area contributed by atoms with Crippen molar-refractivity contribution < 1.29 is 4.79 Å². The van der Waals surface area contributed by atoms with Crippen LogP contribution >= 0.6 is 0 Å². The lowest BCUT2D eigenvalue weighted by molar-refractivity contribution is -0.121. The summed E-state index contributed by atoms with van der Waals surface area (Å²) >= 11 is 0. The summed E-state index contributed by atoms with van der Waals surface area (Å²) in [5.74, 6) is -0.398. The normalized spacial score (nSPS) is 12.9. The fraction of sp³-hybridized carbons (Fsp3) is 0.308. The van der Waals surface area contributed by atoms with Crippen LogP contribution in [0.25, 0.3) is 10.9 Å². The van der Waals surface area contributed by atoms with Crippen LogP contribution in [0.4, 0.5) is 0 Å². The van der Waals surface area contributed by atoms with E-state index in [4.69, 9.17) is 5.73 Å². The van der Waals surface area contributed by atoms with Gasteiger partial charge in [0.15, 0.2) is 0 Å². The third kappa shape index (κ3) is 1.94. The molecule has 1 amide bonds. The van der Waals surface area contributed by atoms with Crippen molar-refractivity contribution in [3.05, 3.63) is 36.0 Å². The molecule has 0 aliphatic rings. The smallest absolute Gasteiger partial charge is 0.222 e. The first-order chi connectivity index (χ1) is 7.58. The number of aromatic nitrogens is 1. The topological polar surface area (TPSA) is 48.0 Å². The zero-order chi connectivity index (χ0) is 11.7. The van der Waals surface area contributed by atoms with Crippen LogP contribution in [0.3, 0.4) is 0 Å². The van der Waals surface area contributed by atoms with Gasteiger partial charge < -0.3 is 10.3 Å². The van der Waals surface area contributed by atoms with Crippen LogP contribution in [-0.2, 0) is 11.3 Å². The highest BCUT2D eigenvalue weighted by Crippen LogP contribution is 2.18. The van der Waals surface area contributed by atoms with Gasteiger partial charge in [-0.2, -0.15) is 0 Å². The Morgan fingerprint density at radius 1 is 1.44 bits per heavy atom. The van der Waals surface area contributed by atoms with Crippen molar-refractivity contribution in [2.75, 3.05) is 0 Å². The second-order valence-corrected chi connectivity index (χ2v) is 4.33. The van der Waals surface area contributed by atoms with E-state index in [0.29, 0.717) is 6.54 Å². The minimum absolute atomic E-state index is 0.142. The van der Waals surface area contributed by atoms with E-state index in [9.17, 15) is 4.79 Å². The van der Waals surface area contributed by atoms with Gasteiger partial charge in [0.25, 0.3) is 0 Å². The summed E-state index contributed by atoms with van der Waals surface area (Å²) in [4.78, 5) is 11.0. The minimum Gasteiger partial charge on any atom is -0.369 e. The van der Waals surface area contributed by atoms with Gasteiger partial charge in [0.05, 0.1) is 5.92 Å². The molecule has 0 aliphatic carbocycles. The molecular formula is C13H16N2O. The number of primary amides is 1. The molecule has 0 bridgehead atoms. The lowest BCUT2D eigenvalue weighted by Crippen LogP contribution is -2.24. The second kappa shape index (κ2) is 4.00. The highest BCUT2D eigenvalue weighted by Gasteiger charge is 2.10. The van der Waals surface area contributed by atoms with Gasteiger partial charge in [-0.05, 0) is 30.0 Å².